The van der Waals surface area contributed by atoms with Gasteiger partial charge in [0.2, 0.25) is 53.2 Å². The molecule has 0 heterocycles. The predicted octanol–water partition coefficient (Wildman–Crippen LogP) is -3.40. The van der Waals surface area contributed by atoms with Crippen LogP contribution in [0.4, 0.5) is 0 Å². The molecule has 0 bridgehead atoms. The van der Waals surface area contributed by atoms with E-state index in [0.717, 1.165) is 0 Å². The highest BCUT2D eigenvalue weighted by molar-refractivity contribution is 5.99. The quantitative estimate of drug-likeness (QED) is 0.0409. The first kappa shape index (κ1) is 56.2. The van der Waals surface area contributed by atoms with Crippen LogP contribution in [0.15, 0.2) is 24.3 Å². The normalized spacial score (nSPS) is 14.8. The molecule has 0 aliphatic carbocycles. The molecule has 24 heteroatoms. The molecule has 15 N–H and O–H groups in total. The fourth-order valence-corrected chi connectivity index (χ4v) is 5.93. The minimum absolute atomic E-state index is 0.0256. The molecule has 1 rings (SSSR count). The van der Waals surface area contributed by atoms with Crippen LogP contribution in [0.1, 0.15) is 80.2 Å². The van der Waals surface area contributed by atoms with Gasteiger partial charge in [-0.25, -0.2) is 4.79 Å². The first-order chi connectivity index (χ1) is 30.1. The lowest BCUT2D eigenvalue weighted by Crippen LogP contribution is -2.61. The van der Waals surface area contributed by atoms with E-state index in [-0.39, 0.29) is 24.5 Å². The van der Waals surface area contributed by atoms with Crippen molar-refractivity contribution in [3.8, 4) is 5.75 Å². The number of hydrogen-bond donors (Lipinski definition) is 13. The third kappa shape index (κ3) is 20.5. The summed E-state index contributed by atoms with van der Waals surface area (Å²) in [5.41, 5.74) is 11.9. The van der Waals surface area contributed by atoms with Crippen molar-refractivity contribution in [2.75, 3.05) is 6.54 Å². The Kier molecular flexibility index (Phi) is 23.1. The number of phenolic OH excluding ortho intramolecular Hbond substituents is 1. The van der Waals surface area contributed by atoms with Gasteiger partial charge in [0.05, 0.1) is 25.4 Å². The van der Waals surface area contributed by atoms with Crippen molar-refractivity contribution in [1.82, 2.24) is 42.5 Å². The van der Waals surface area contributed by atoms with Crippen LogP contribution < -0.4 is 54.0 Å². The third-order valence-corrected chi connectivity index (χ3v) is 9.54. The van der Waals surface area contributed by atoms with Crippen molar-refractivity contribution in [1.29, 1.82) is 0 Å². The Hall–Kier alpha value is -6.85. The number of carboxylic acid groups (broad SMARTS) is 2. The van der Waals surface area contributed by atoms with Crippen molar-refractivity contribution < 1.29 is 68.1 Å². The maximum atomic E-state index is 13.6. The molecule has 0 fully saturated rings. The van der Waals surface area contributed by atoms with E-state index in [4.69, 9.17) is 11.5 Å². The summed E-state index contributed by atoms with van der Waals surface area (Å²) in [4.78, 5) is 140. The number of rotatable bonds is 27. The Morgan fingerprint density at radius 2 is 1.02 bits per heavy atom. The molecule has 0 aliphatic rings. The molecule has 9 amide bonds. The Balaban J connectivity index is 2.96. The number of benzene rings is 1. The number of amides is 9. The van der Waals surface area contributed by atoms with Crippen LogP contribution in [-0.2, 0) is 59.2 Å². The average Bonchev–Trinajstić information content (AvgIpc) is 3.19. The second-order valence-electron chi connectivity index (χ2n) is 16.6. The molecular formula is C41H64N10O14. The zero-order valence-corrected chi connectivity index (χ0v) is 37.7. The van der Waals surface area contributed by atoms with Crippen LogP contribution in [-0.4, -0.2) is 135 Å². The Labute approximate surface area is 375 Å². The van der Waals surface area contributed by atoms with Gasteiger partial charge in [-0.1, -0.05) is 53.7 Å². The standard InChI is InChI=1S/C41H64N10O14/c1-18(2)13-28(41(64)65)49-38(61)27(16-31(55)56)47-37(60)26(15-29(43)53)48-39(62)32(19(3)4)51-40(63)33(20(5)6)50-35(58)22(8)45-30(54)17-44-34(57)21(7)46-36(59)25(42)14-23-9-11-24(52)12-10-23/h9-12,18-22,25-28,32-33,52H,13-17,42H2,1-8H3,(H2,43,53)(H,44,57)(H,45,54)(H,46,59)(H,47,60)(H,48,62)(H,49,61)(H,50,58)(H,51,63)(H,55,56)(H,64,65)/t21-,22-,25-,26-,27-,28-,32-,33-/m0/s1. The van der Waals surface area contributed by atoms with Crippen molar-refractivity contribution in [2.24, 2.45) is 29.2 Å². The number of aliphatic carboxylic acids is 2. The molecule has 1 aromatic carbocycles. The zero-order chi connectivity index (χ0) is 49.9. The highest BCUT2D eigenvalue weighted by Crippen LogP contribution is 2.12. The minimum atomic E-state index is -1.85. The van der Waals surface area contributed by atoms with E-state index in [0.29, 0.717) is 5.56 Å². The van der Waals surface area contributed by atoms with E-state index in [1.165, 1.54) is 39.8 Å². The van der Waals surface area contributed by atoms with Gasteiger partial charge >= 0.3 is 11.9 Å². The van der Waals surface area contributed by atoms with Crippen molar-refractivity contribution in [3.05, 3.63) is 29.8 Å². The number of carbonyl (C=O) groups excluding carboxylic acids is 9. The fraction of sp³-hybridized carbons (Fsp3) is 0.585. The van der Waals surface area contributed by atoms with E-state index in [1.807, 2.05) is 0 Å². The molecule has 0 radical (unpaired) electrons. The van der Waals surface area contributed by atoms with E-state index in [1.54, 1.807) is 39.8 Å². The smallest absolute Gasteiger partial charge is 0.326 e. The molecule has 0 spiro atoms. The Bertz CT molecular complexity index is 1890. The zero-order valence-electron chi connectivity index (χ0n) is 37.7. The van der Waals surface area contributed by atoms with Gasteiger partial charge in [0.15, 0.2) is 0 Å². The van der Waals surface area contributed by atoms with Gasteiger partial charge < -0.3 is 69.3 Å². The maximum Gasteiger partial charge on any atom is 0.326 e. The summed E-state index contributed by atoms with van der Waals surface area (Å²) in [6, 6.07) is -5.11. The molecule has 0 aliphatic heterocycles. The van der Waals surface area contributed by atoms with E-state index < -0.39 is 145 Å². The highest BCUT2D eigenvalue weighted by atomic mass is 16.4. The summed E-state index contributed by atoms with van der Waals surface area (Å²) in [6.45, 7) is 11.7. The number of aromatic hydroxyl groups is 1. The summed E-state index contributed by atoms with van der Waals surface area (Å²) >= 11 is 0. The number of primary amides is 1. The lowest BCUT2D eigenvalue weighted by Gasteiger charge is -2.29. The lowest BCUT2D eigenvalue weighted by atomic mass is 9.99. The largest absolute Gasteiger partial charge is 0.508 e. The van der Waals surface area contributed by atoms with Gasteiger partial charge in [0.1, 0.15) is 48.0 Å². The molecule has 0 saturated carbocycles. The van der Waals surface area contributed by atoms with Crippen LogP contribution in [0.2, 0.25) is 0 Å². The van der Waals surface area contributed by atoms with Crippen LogP contribution in [0.25, 0.3) is 0 Å². The third-order valence-electron chi connectivity index (χ3n) is 9.54. The Morgan fingerprint density at radius 1 is 0.554 bits per heavy atom. The van der Waals surface area contributed by atoms with Crippen LogP contribution >= 0.6 is 0 Å². The van der Waals surface area contributed by atoms with Crippen molar-refractivity contribution in [2.45, 2.75) is 129 Å². The molecule has 1 aromatic rings. The first-order valence-electron chi connectivity index (χ1n) is 20.8. The highest BCUT2D eigenvalue weighted by Gasteiger charge is 2.36. The molecule has 65 heavy (non-hydrogen) atoms. The van der Waals surface area contributed by atoms with Crippen molar-refractivity contribution >= 4 is 65.1 Å². The number of phenols is 1. The van der Waals surface area contributed by atoms with Crippen LogP contribution in [0, 0.1) is 17.8 Å². The van der Waals surface area contributed by atoms with Crippen LogP contribution in [0.5, 0.6) is 5.75 Å². The summed E-state index contributed by atoms with van der Waals surface area (Å²) in [5, 5.41) is 47.1. The van der Waals surface area contributed by atoms with Gasteiger partial charge in [0.25, 0.3) is 0 Å². The monoisotopic (exact) mass is 920 g/mol. The van der Waals surface area contributed by atoms with Crippen LogP contribution in [0.3, 0.4) is 0 Å². The molecule has 0 unspecified atom stereocenters. The minimum Gasteiger partial charge on any atom is -0.508 e. The molecule has 24 nitrogen and oxygen atoms in total. The number of carbonyl (C=O) groups is 11. The van der Waals surface area contributed by atoms with E-state index >= 15 is 0 Å². The van der Waals surface area contributed by atoms with Gasteiger partial charge in [-0.2, -0.15) is 0 Å². The lowest BCUT2D eigenvalue weighted by molar-refractivity contribution is -0.144. The molecule has 362 valence electrons. The van der Waals surface area contributed by atoms with E-state index in [9.17, 15) is 68.1 Å². The second kappa shape index (κ2) is 26.7. The van der Waals surface area contributed by atoms with E-state index in [2.05, 4.69) is 42.5 Å². The number of carboxylic acids is 2. The Morgan fingerprint density at radius 3 is 1.49 bits per heavy atom. The predicted molar refractivity (Wildman–Crippen MR) is 230 cm³/mol. The molecule has 0 aromatic heterocycles. The van der Waals surface area contributed by atoms with Gasteiger partial charge in [-0.3, -0.25) is 47.9 Å². The van der Waals surface area contributed by atoms with Gasteiger partial charge in [0, 0.05) is 0 Å². The number of nitrogens with two attached hydrogens (primary N) is 2. The molecule has 8 atom stereocenters. The first-order valence-corrected chi connectivity index (χ1v) is 20.8. The summed E-state index contributed by atoms with van der Waals surface area (Å²) in [5.74, 6) is -12.8. The summed E-state index contributed by atoms with van der Waals surface area (Å²) in [6.07, 6.45) is -1.75. The summed E-state index contributed by atoms with van der Waals surface area (Å²) in [7, 11) is 0. The van der Waals surface area contributed by atoms with Gasteiger partial charge in [-0.15, -0.1) is 0 Å². The summed E-state index contributed by atoms with van der Waals surface area (Å²) < 4.78 is 0. The maximum absolute atomic E-state index is 13.6. The SMILES string of the molecule is CC(C)C[C@H](NC(=O)[C@H](CC(=O)O)NC(=O)[C@H](CC(N)=O)NC(=O)[C@@H](NC(=O)[C@@H](NC(=O)[C@H](C)NC(=O)CNC(=O)[C@H](C)NC(=O)[C@@H](N)Cc1ccc(O)cc1)C(C)C)C(C)C)C(=O)O. The molecular weight excluding hydrogens is 857 g/mol. The second-order valence-corrected chi connectivity index (χ2v) is 16.6. The average molecular weight is 921 g/mol. The number of nitrogens with one attached hydrogen (secondary N) is 8. The molecule has 0 saturated heterocycles. The fourth-order valence-electron chi connectivity index (χ4n) is 5.93. The number of hydrogen-bond acceptors (Lipinski definition) is 13. The topological polar surface area (TPSA) is 397 Å². The van der Waals surface area contributed by atoms with Crippen molar-refractivity contribution in [3.63, 3.8) is 0 Å². The van der Waals surface area contributed by atoms with Gasteiger partial charge in [-0.05, 0) is 62.1 Å².